The van der Waals surface area contributed by atoms with Gasteiger partial charge in [0.1, 0.15) is 6.17 Å². The SMILES string of the molecule is CN(C[C@@H]1C[C@H](F)CN1CC(N)=O)C(=O)c1ccncc1F. The Morgan fingerprint density at radius 3 is 2.91 bits per heavy atom. The largest absolute Gasteiger partial charge is 0.369 e. The van der Waals surface area contributed by atoms with E-state index in [4.69, 9.17) is 5.73 Å². The fourth-order valence-electron chi connectivity index (χ4n) is 2.66. The highest BCUT2D eigenvalue weighted by Crippen LogP contribution is 2.21. The second-order valence-corrected chi connectivity index (χ2v) is 5.42. The molecule has 2 atom stereocenters. The van der Waals surface area contributed by atoms with Crippen LogP contribution in [0.25, 0.3) is 0 Å². The maximum absolute atomic E-state index is 13.6. The molecule has 22 heavy (non-hydrogen) atoms. The Kier molecular flexibility index (Phi) is 5.02. The summed E-state index contributed by atoms with van der Waals surface area (Å²) in [4.78, 5) is 29.7. The van der Waals surface area contributed by atoms with Crippen LogP contribution in [-0.2, 0) is 4.79 Å². The van der Waals surface area contributed by atoms with Crippen molar-refractivity contribution in [3.8, 4) is 0 Å². The van der Waals surface area contributed by atoms with Gasteiger partial charge in [0.25, 0.3) is 5.91 Å². The van der Waals surface area contributed by atoms with Gasteiger partial charge in [-0.1, -0.05) is 0 Å². The normalized spacial score (nSPS) is 21.8. The van der Waals surface area contributed by atoms with E-state index in [9.17, 15) is 18.4 Å². The summed E-state index contributed by atoms with van der Waals surface area (Å²) >= 11 is 0. The summed E-state index contributed by atoms with van der Waals surface area (Å²) in [5.74, 6) is -1.77. The monoisotopic (exact) mass is 312 g/mol. The van der Waals surface area contributed by atoms with Crippen LogP contribution in [0.2, 0.25) is 0 Å². The minimum absolute atomic E-state index is 0.0588. The van der Waals surface area contributed by atoms with Gasteiger partial charge in [-0.3, -0.25) is 19.5 Å². The molecule has 2 heterocycles. The first-order valence-corrected chi connectivity index (χ1v) is 6.90. The minimum atomic E-state index is -1.06. The predicted molar refractivity (Wildman–Crippen MR) is 75.2 cm³/mol. The summed E-state index contributed by atoms with van der Waals surface area (Å²) in [6.07, 6.45) is 1.44. The quantitative estimate of drug-likeness (QED) is 0.842. The lowest BCUT2D eigenvalue weighted by molar-refractivity contribution is -0.119. The zero-order chi connectivity index (χ0) is 16.3. The van der Waals surface area contributed by atoms with Crippen LogP contribution in [0.4, 0.5) is 8.78 Å². The van der Waals surface area contributed by atoms with Crippen molar-refractivity contribution in [2.45, 2.75) is 18.6 Å². The topological polar surface area (TPSA) is 79.5 Å². The molecule has 0 spiro atoms. The summed E-state index contributed by atoms with van der Waals surface area (Å²) in [5.41, 5.74) is 5.05. The molecule has 8 heteroatoms. The van der Waals surface area contributed by atoms with Crippen molar-refractivity contribution in [1.82, 2.24) is 14.8 Å². The van der Waals surface area contributed by atoms with Crippen LogP contribution in [0.3, 0.4) is 0 Å². The Balaban J connectivity index is 2.04. The van der Waals surface area contributed by atoms with E-state index in [1.54, 1.807) is 4.90 Å². The second-order valence-electron chi connectivity index (χ2n) is 5.42. The minimum Gasteiger partial charge on any atom is -0.369 e. The lowest BCUT2D eigenvalue weighted by Gasteiger charge is -2.27. The van der Waals surface area contributed by atoms with E-state index in [0.29, 0.717) is 0 Å². The van der Waals surface area contributed by atoms with Crippen molar-refractivity contribution >= 4 is 11.8 Å². The van der Waals surface area contributed by atoms with E-state index in [2.05, 4.69) is 4.98 Å². The lowest BCUT2D eigenvalue weighted by atomic mass is 10.1. The molecule has 6 nitrogen and oxygen atoms in total. The molecule has 0 aromatic carbocycles. The highest BCUT2D eigenvalue weighted by atomic mass is 19.1. The molecule has 0 radical (unpaired) electrons. The summed E-state index contributed by atoms with van der Waals surface area (Å²) in [6, 6.07) is 0.975. The third-order valence-corrected chi connectivity index (χ3v) is 3.67. The molecular weight excluding hydrogens is 294 g/mol. The summed E-state index contributed by atoms with van der Waals surface area (Å²) in [7, 11) is 1.51. The van der Waals surface area contributed by atoms with Gasteiger partial charge in [-0.2, -0.15) is 0 Å². The van der Waals surface area contributed by atoms with Crippen molar-refractivity contribution in [2.75, 3.05) is 26.7 Å². The number of likely N-dealkylation sites (tertiary alicyclic amines) is 1. The lowest BCUT2D eigenvalue weighted by Crippen LogP contribution is -2.44. The van der Waals surface area contributed by atoms with E-state index in [0.717, 1.165) is 6.20 Å². The van der Waals surface area contributed by atoms with Gasteiger partial charge in [0.15, 0.2) is 5.82 Å². The van der Waals surface area contributed by atoms with Gasteiger partial charge in [0.05, 0.1) is 18.3 Å². The number of rotatable bonds is 5. The zero-order valence-corrected chi connectivity index (χ0v) is 12.2. The van der Waals surface area contributed by atoms with Crippen molar-refractivity contribution in [1.29, 1.82) is 0 Å². The molecular formula is C14H18F2N4O2. The van der Waals surface area contributed by atoms with Gasteiger partial charge in [-0.15, -0.1) is 0 Å². The molecule has 0 saturated carbocycles. The van der Waals surface area contributed by atoms with Gasteiger partial charge in [0.2, 0.25) is 5.91 Å². The van der Waals surface area contributed by atoms with Crippen molar-refractivity contribution in [3.63, 3.8) is 0 Å². The first kappa shape index (κ1) is 16.3. The highest BCUT2D eigenvalue weighted by molar-refractivity contribution is 5.94. The van der Waals surface area contributed by atoms with Crippen molar-refractivity contribution < 1.29 is 18.4 Å². The van der Waals surface area contributed by atoms with Crippen LogP contribution in [0.5, 0.6) is 0 Å². The Morgan fingerprint density at radius 1 is 1.55 bits per heavy atom. The number of alkyl halides is 1. The van der Waals surface area contributed by atoms with Crippen LogP contribution < -0.4 is 5.73 Å². The number of hydrogen-bond donors (Lipinski definition) is 1. The second kappa shape index (κ2) is 6.78. The van der Waals surface area contributed by atoms with Gasteiger partial charge in [0, 0.05) is 32.4 Å². The molecule has 1 aromatic heterocycles. The molecule has 2 amide bonds. The molecule has 120 valence electrons. The molecule has 1 aliphatic rings. The van der Waals surface area contributed by atoms with Crippen LogP contribution in [0, 0.1) is 5.82 Å². The smallest absolute Gasteiger partial charge is 0.256 e. The number of likely N-dealkylation sites (N-methyl/N-ethyl adjacent to an activating group) is 1. The number of carbonyl (C=O) groups excluding carboxylic acids is 2. The maximum atomic E-state index is 13.6. The number of carbonyl (C=O) groups is 2. The van der Waals surface area contributed by atoms with Crippen LogP contribution in [-0.4, -0.2) is 65.5 Å². The van der Waals surface area contributed by atoms with Gasteiger partial charge < -0.3 is 10.6 Å². The number of hydrogen-bond acceptors (Lipinski definition) is 4. The molecule has 0 aliphatic carbocycles. The molecule has 0 bridgehead atoms. The van der Waals surface area contributed by atoms with Gasteiger partial charge >= 0.3 is 0 Å². The van der Waals surface area contributed by atoms with E-state index >= 15 is 0 Å². The summed E-state index contributed by atoms with van der Waals surface area (Å²) < 4.78 is 27.1. The molecule has 0 unspecified atom stereocenters. The molecule has 2 rings (SSSR count). The molecule has 1 aliphatic heterocycles. The Labute approximate surface area is 126 Å². The number of nitrogens with two attached hydrogens (primary N) is 1. The van der Waals surface area contributed by atoms with Crippen LogP contribution in [0.15, 0.2) is 18.5 Å². The van der Waals surface area contributed by atoms with E-state index in [-0.39, 0.29) is 37.7 Å². The first-order valence-electron chi connectivity index (χ1n) is 6.90. The average molecular weight is 312 g/mol. The van der Waals surface area contributed by atoms with Crippen molar-refractivity contribution in [3.05, 3.63) is 29.8 Å². The number of nitrogens with zero attached hydrogens (tertiary/aromatic N) is 3. The van der Waals surface area contributed by atoms with E-state index in [1.807, 2.05) is 0 Å². The van der Waals surface area contributed by atoms with Gasteiger partial charge in [-0.05, 0) is 12.5 Å². The Morgan fingerprint density at radius 2 is 2.27 bits per heavy atom. The third-order valence-electron chi connectivity index (χ3n) is 3.67. The standard InChI is InChI=1S/C14H18F2N4O2/c1-19(14(22)11-2-3-18-5-12(11)16)7-10-4-9(15)6-20(10)8-13(17)21/h2-3,5,9-10H,4,6-8H2,1H3,(H2,17,21)/t9-,10-/m0/s1. The van der Waals surface area contributed by atoms with E-state index < -0.39 is 23.8 Å². The zero-order valence-electron chi connectivity index (χ0n) is 12.2. The Hall–Kier alpha value is -2.09. The van der Waals surface area contributed by atoms with Gasteiger partial charge in [-0.25, -0.2) is 8.78 Å². The summed E-state index contributed by atoms with van der Waals surface area (Å²) in [6.45, 7) is 0.240. The third kappa shape index (κ3) is 3.76. The van der Waals surface area contributed by atoms with Crippen LogP contribution >= 0.6 is 0 Å². The maximum Gasteiger partial charge on any atom is 0.256 e. The number of aromatic nitrogens is 1. The molecule has 1 saturated heterocycles. The van der Waals surface area contributed by atoms with E-state index in [1.165, 1.54) is 24.2 Å². The molecule has 1 aromatic rings. The fraction of sp³-hybridized carbons (Fsp3) is 0.500. The predicted octanol–water partition coefficient (Wildman–Crippen LogP) is 0.190. The number of pyridine rings is 1. The van der Waals surface area contributed by atoms with Crippen LogP contribution in [0.1, 0.15) is 16.8 Å². The highest BCUT2D eigenvalue weighted by Gasteiger charge is 2.34. The first-order chi connectivity index (χ1) is 10.4. The Bertz CT molecular complexity index is 570. The van der Waals surface area contributed by atoms with Crippen molar-refractivity contribution in [2.24, 2.45) is 5.73 Å². The number of primary amides is 1. The number of halogens is 2. The molecule has 1 fully saturated rings. The fourth-order valence-corrected chi connectivity index (χ4v) is 2.66. The average Bonchev–Trinajstić information content (AvgIpc) is 2.77. The molecule has 2 N–H and O–H groups in total. The summed E-state index contributed by atoms with van der Waals surface area (Å²) in [5, 5.41) is 0. The number of amides is 2.